The minimum Gasteiger partial charge on any atom is -0.304 e. The zero-order chi connectivity index (χ0) is 13.0. The highest BCUT2D eigenvalue weighted by molar-refractivity contribution is 5.32. The molecule has 1 aliphatic heterocycles. The lowest BCUT2D eigenvalue weighted by molar-refractivity contribution is -0.384. The summed E-state index contributed by atoms with van der Waals surface area (Å²) >= 11 is 0. The van der Waals surface area contributed by atoms with Gasteiger partial charge in [0.1, 0.15) is 0 Å². The number of benzene rings is 1. The van der Waals surface area contributed by atoms with Crippen LogP contribution in [0.4, 0.5) is 5.69 Å². The van der Waals surface area contributed by atoms with E-state index in [4.69, 9.17) is 0 Å². The number of nitro benzene ring substituents is 1. The third-order valence-corrected chi connectivity index (χ3v) is 3.16. The monoisotopic (exact) mass is 250 g/mol. The van der Waals surface area contributed by atoms with E-state index in [0.717, 1.165) is 31.7 Å². The van der Waals surface area contributed by atoms with Crippen molar-refractivity contribution in [2.24, 2.45) is 0 Å². The SMILES string of the molecule is CN1CCN(NCc2ccc([N+](=O)[O-])cc2)CC1. The number of piperazine rings is 1. The van der Waals surface area contributed by atoms with Crippen LogP contribution in [0.1, 0.15) is 5.56 Å². The average Bonchev–Trinajstić information content (AvgIpc) is 2.38. The molecule has 1 aliphatic rings. The molecule has 2 rings (SSSR count). The van der Waals surface area contributed by atoms with Crippen LogP contribution in [0.15, 0.2) is 24.3 Å². The first-order valence-electron chi connectivity index (χ1n) is 6.05. The van der Waals surface area contributed by atoms with Gasteiger partial charge in [0, 0.05) is 44.9 Å². The van der Waals surface area contributed by atoms with Gasteiger partial charge >= 0.3 is 0 Å². The molecule has 6 nitrogen and oxygen atoms in total. The molecule has 0 bridgehead atoms. The fraction of sp³-hybridized carbons (Fsp3) is 0.500. The van der Waals surface area contributed by atoms with E-state index in [2.05, 4.69) is 22.4 Å². The summed E-state index contributed by atoms with van der Waals surface area (Å²) in [4.78, 5) is 12.4. The summed E-state index contributed by atoms with van der Waals surface area (Å²) in [7, 11) is 2.12. The molecule has 1 aromatic carbocycles. The van der Waals surface area contributed by atoms with Gasteiger partial charge in [0.25, 0.3) is 5.69 Å². The number of likely N-dealkylation sites (N-methyl/N-ethyl adjacent to an activating group) is 1. The fourth-order valence-corrected chi connectivity index (χ4v) is 1.90. The standard InChI is InChI=1S/C12H18N4O2/c1-14-6-8-15(9-7-14)13-10-11-2-4-12(5-3-11)16(17)18/h2-5,13H,6-10H2,1H3. The molecule has 1 N–H and O–H groups in total. The van der Waals surface area contributed by atoms with Crippen molar-refractivity contribution in [3.63, 3.8) is 0 Å². The van der Waals surface area contributed by atoms with Gasteiger partial charge in [-0.2, -0.15) is 0 Å². The molecule has 0 unspecified atom stereocenters. The van der Waals surface area contributed by atoms with Crippen LogP contribution in [0, 0.1) is 10.1 Å². The number of nitrogens with zero attached hydrogens (tertiary/aromatic N) is 3. The molecule has 1 aromatic rings. The Kier molecular flexibility index (Phi) is 4.24. The van der Waals surface area contributed by atoms with Crippen molar-refractivity contribution in [2.75, 3.05) is 33.2 Å². The van der Waals surface area contributed by atoms with E-state index in [-0.39, 0.29) is 10.6 Å². The quantitative estimate of drug-likeness (QED) is 0.634. The van der Waals surface area contributed by atoms with Gasteiger partial charge in [-0.15, -0.1) is 0 Å². The third-order valence-electron chi connectivity index (χ3n) is 3.16. The average molecular weight is 250 g/mol. The molecule has 1 saturated heterocycles. The third kappa shape index (κ3) is 3.49. The molecule has 0 atom stereocenters. The second-order valence-corrected chi connectivity index (χ2v) is 4.55. The predicted molar refractivity (Wildman–Crippen MR) is 69.0 cm³/mol. The number of hydrogen-bond donors (Lipinski definition) is 1. The van der Waals surface area contributed by atoms with Gasteiger partial charge in [-0.1, -0.05) is 12.1 Å². The number of rotatable bonds is 4. The van der Waals surface area contributed by atoms with Gasteiger partial charge in [0.15, 0.2) is 0 Å². The van der Waals surface area contributed by atoms with E-state index < -0.39 is 0 Å². The van der Waals surface area contributed by atoms with Gasteiger partial charge < -0.3 is 4.90 Å². The van der Waals surface area contributed by atoms with Crippen molar-refractivity contribution in [1.82, 2.24) is 15.3 Å². The molecule has 0 amide bonds. The second kappa shape index (κ2) is 5.90. The summed E-state index contributed by atoms with van der Waals surface area (Å²) in [6.45, 7) is 4.84. The zero-order valence-corrected chi connectivity index (χ0v) is 10.5. The van der Waals surface area contributed by atoms with Gasteiger partial charge in [-0.05, 0) is 12.6 Å². The van der Waals surface area contributed by atoms with Crippen LogP contribution in [0.25, 0.3) is 0 Å². The zero-order valence-electron chi connectivity index (χ0n) is 10.5. The largest absolute Gasteiger partial charge is 0.304 e. The normalized spacial score (nSPS) is 17.8. The van der Waals surface area contributed by atoms with Gasteiger partial charge in [-0.25, -0.2) is 5.01 Å². The summed E-state index contributed by atoms with van der Waals surface area (Å²) in [6.07, 6.45) is 0. The van der Waals surface area contributed by atoms with E-state index in [1.165, 1.54) is 0 Å². The number of nitrogens with one attached hydrogen (secondary N) is 1. The molecule has 0 spiro atoms. The molecule has 1 heterocycles. The van der Waals surface area contributed by atoms with Crippen molar-refractivity contribution in [2.45, 2.75) is 6.54 Å². The van der Waals surface area contributed by atoms with Crippen molar-refractivity contribution >= 4 is 5.69 Å². The van der Waals surface area contributed by atoms with Gasteiger partial charge in [-0.3, -0.25) is 15.5 Å². The van der Waals surface area contributed by atoms with E-state index in [0.29, 0.717) is 6.54 Å². The summed E-state index contributed by atoms with van der Waals surface area (Å²) < 4.78 is 0. The Labute approximate surface area is 106 Å². The number of non-ortho nitro benzene ring substituents is 1. The molecule has 0 radical (unpaired) electrons. The van der Waals surface area contributed by atoms with Crippen LogP contribution < -0.4 is 5.43 Å². The van der Waals surface area contributed by atoms with Crippen LogP contribution in [0.5, 0.6) is 0 Å². The Hall–Kier alpha value is -1.50. The Morgan fingerprint density at radius 2 is 1.83 bits per heavy atom. The molecule has 98 valence electrons. The summed E-state index contributed by atoms with van der Waals surface area (Å²) in [6, 6.07) is 6.67. The topological polar surface area (TPSA) is 61.6 Å². The lowest BCUT2D eigenvalue weighted by Crippen LogP contribution is -2.50. The highest BCUT2D eigenvalue weighted by Gasteiger charge is 2.13. The van der Waals surface area contributed by atoms with E-state index in [1.807, 2.05) is 0 Å². The van der Waals surface area contributed by atoms with Crippen molar-refractivity contribution in [3.8, 4) is 0 Å². The molecule has 6 heteroatoms. The van der Waals surface area contributed by atoms with Crippen LogP contribution >= 0.6 is 0 Å². The van der Waals surface area contributed by atoms with Crippen molar-refractivity contribution in [3.05, 3.63) is 39.9 Å². The molecule has 1 fully saturated rings. The summed E-state index contributed by atoms with van der Waals surface area (Å²) in [5.74, 6) is 0. The van der Waals surface area contributed by atoms with E-state index in [1.54, 1.807) is 24.3 Å². The predicted octanol–water partition coefficient (Wildman–Crippen LogP) is 0.847. The Balaban J connectivity index is 1.81. The Bertz CT molecular complexity index is 399. The Morgan fingerprint density at radius 1 is 1.22 bits per heavy atom. The molecule has 0 saturated carbocycles. The van der Waals surface area contributed by atoms with Gasteiger partial charge in [0.2, 0.25) is 0 Å². The van der Waals surface area contributed by atoms with Crippen molar-refractivity contribution in [1.29, 1.82) is 0 Å². The maximum absolute atomic E-state index is 10.5. The lowest BCUT2D eigenvalue weighted by atomic mass is 10.2. The Morgan fingerprint density at radius 3 is 2.39 bits per heavy atom. The second-order valence-electron chi connectivity index (χ2n) is 4.55. The molecule has 18 heavy (non-hydrogen) atoms. The van der Waals surface area contributed by atoms with Crippen LogP contribution in [-0.2, 0) is 6.54 Å². The molecular weight excluding hydrogens is 232 g/mol. The summed E-state index contributed by atoms with van der Waals surface area (Å²) in [5, 5.41) is 12.7. The van der Waals surface area contributed by atoms with Crippen LogP contribution in [-0.4, -0.2) is 48.1 Å². The minimum atomic E-state index is -0.377. The maximum atomic E-state index is 10.5. The lowest BCUT2D eigenvalue weighted by Gasteiger charge is -2.32. The highest BCUT2D eigenvalue weighted by atomic mass is 16.6. The highest BCUT2D eigenvalue weighted by Crippen LogP contribution is 2.11. The van der Waals surface area contributed by atoms with Crippen LogP contribution in [0.2, 0.25) is 0 Å². The minimum absolute atomic E-state index is 0.137. The van der Waals surface area contributed by atoms with Crippen molar-refractivity contribution < 1.29 is 4.92 Å². The molecular formula is C12H18N4O2. The van der Waals surface area contributed by atoms with E-state index in [9.17, 15) is 10.1 Å². The maximum Gasteiger partial charge on any atom is 0.269 e. The summed E-state index contributed by atoms with van der Waals surface area (Å²) in [5.41, 5.74) is 4.54. The fourth-order valence-electron chi connectivity index (χ4n) is 1.90. The van der Waals surface area contributed by atoms with Gasteiger partial charge in [0.05, 0.1) is 4.92 Å². The smallest absolute Gasteiger partial charge is 0.269 e. The first-order valence-corrected chi connectivity index (χ1v) is 6.05. The molecule has 0 aromatic heterocycles. The van der Waals surface area contributed by atoms with Crippen LogP contribution in [0.3, 0.4) is 0 Å². The number of hydrogen-bond acceptors (Lipinski definition) is 5. The first-order chi connectivity index (χ1) is 8.65. The molecule has 0 aliphatic carbocycles. The van der Waals surface area contributed by atoms with E-state index >= 15 is 0 Å². The first kappa shape index (κ1) is 12.9. The number of nitro groups is 1. The number of hydrazine groups is 1.